The molecule has 0 aliphatic carbocycles. The van der Waals surface area contributed by atoms with Gasteiger partial charge in [0.15, 0.2) is 0 Å². The van der Waals surface area contributed by atoms with E-state index in [0.717, 1.165) is 38.0 Å². The summed E-state index contributed by atoms with van der Waals surface area (Å²) in [4.78, 5) is 14.0. The molecule has 0 bridgehead atoms. The maximum Gasteiger partial charge on any atom is 0.451 e. The van der Waals surface area contributed by atoms with Crippen LogP contribution in [0.3, 0.4) is 0 Å². The van der Waals surface area contributed by atoms with Crippen molar-refractivity contribution in [3.8, 4) is 0 Å². The van der Waals surface area contributed by atoms with E-state index in [0.29, 0.717) is 42.0 Å². The minimum absolute atomic E-state index is 0.279. The average molecular weight is 431 g/mol. The van der Waals surface area contributed by atoms with E-state index in [-0.39, 0.29) is 5.92 Å². The molecule has 1 unspecified atom stereocenters. The van der Waals surface area contributed by atoms with Crippen LogP contribution >= 0.6 is 23.2 Å². The van der Waals surface area contributed by atoms with E-state index < -0.39 is 18.6 Å². The molecule has 9 heteroatoms. The highest BCUT2D eigenvalue weighted by Crippen LogP contribution is 2.29. The van der Waals surface area contributed by atoms with Crippen LogP contribution in [0.2, 0.25) is 16.4 Å². The number of benzene rings is 1. The lowest BCUT2D eigenvalue weighted by molar-refractivity contribution is -0.145. The molecule has 0 amide bonds. The summed E-state index contributed by atoms with van der Waals surface area (Å²) in [5, 5.41) is 28.6. The Morgan fingerprint density at radius 2 is 1.96 bits per heavy atom. The number of unbranched alkanes of at least 4 members (excludes halogenated alkanes) is 2. The van der Waals surface area contributed by atoms with Crippen molar-refractivity contribution in [1.82, 2.24) is 4.90 Å². The van der Waals surface area contributed by atoms with Gasteiger partial charge in [-0.15, -0.1) is 0 Å². The molecule has 0 aromatic heterocycles. The second-order valence-corrected chi connectivity index (χ2v) is 8.70. The molecule has 0 saturated carbocycles. The summed E-state index contributed by atoms with van der Waals surface area (Å²) in [7, 11) is -1.30. The van der Waals surface area contributed by atoms with Gasteiger partial charge in [-0.05, 0) is 49.2 Å². The third kappa shape index (κ3) is 7.21. The molecule has 1 saturated heterocycles. The molecule has 28 heavy (non-hydrogen) atoms. The summed E-state index contributed by atoms with van der Waals surface area (Å²) in [6.07, 6.45) is 4.05. The van der Waals surface area contributed by atoms with E-state index in [1.807, 2.05) is 12.1 Å². The van der Waals surface area contributed by atoms with Crippen LogP contribution in [0.5, 0.6) is 0 Å². The highest BCUT2D eigenvalue weighted by Gasteiger charge is 2.39. The Morgan fingerprint density at radius 1 is 1.25 bits per heavy atom. The van der Waals surface area contributed by atoms with E-state index >= 15 is 0 Å². The van der Waals surface area contributed by atoms with Gasteiger partial charge in [0.1, 0.15) is 5.54 Å². The van der Waals surface area contributed by atoms with Crippen molar-refractivity contribution in [2.75, 3.05) is 19.6 Å². The Bertz CT molecular complexity index is 659. The molecule has 5 N–H and O–H groups in total. The molecule has 0 spiro atoms. The van der Waals surface area contributed by atoms with Gasteiger partial charge < -0.3 is 25.8 Å². The number of halogens is 2. The normalized spacial score (nSPS) is 17.2. The second-order valence-electron chi connectivity index (χ2n) is 7.86. The van der Waals surface area contributed by atoms with Crippen LogP contribution in [0, 0.1) is 5.92 Å². The molecule has 1 aliphatic rings. The quantitative estimate of drug-likeness (QED) is 0.300. The SMILES string of the molecule is NC(CCCCCB(O)O)(CC1CN(CCc2ccc(Cl)cc2Cl)C1)C(=O)O. The van der Waals surface area contributed by atoms with E-state index in [4.69, 9.17) is 39.0 Å². The molecule has 1 aromatic rings. The van der Waals surface area contributed by atoms with Crippen LogP contribution in [0.15, 0.2) is 18.2 Å². The molecule has 1 atom stereocenters. The number of rotatable bonds is 12. The van der Waals surface area contributed by atoms with Crippen LogP contribution in [-0.4, -0.2) is 58.3 Å². The lowest BCUT2D eigenvalue weighted by Gasteiger charge is -2.42. The second kappa shape index (κ2) is 10.8. The zero-order valence-corrected chi connectivity index (χ0v) is 17.5. The van der Waals surface area contributed by atoms with E-state index in [1.54, 1.807) is 6.07 Å². The van der Waals surface area contributed by atoms with Crippen molar-refractivity contribution in [2.45, 2.75) is 50.4 Å². The first-order valence-electron chi connectivity index (χ1n) is 9.74. The molecule has 156 valence electrons. The molecule has 1 aliphatic heterocycles. The van der Waals surface area contributed by atoms with Gasteiger partial charge in [0.05, 0.1) is 0 Å². The van der Waals surface area contributed by atoms with Crippen LogP contribution < -0.4 is 5.73 Å². The zero-order chi connectivity index (χ0) is 20.7. The van der Waals surface area contributed by atoms with Crippen LogP contribution in [0.1, 0.15) is 37.7 Å². The summed E-state index contributed by atoms with van der Waals surface area (Å²) in [5.41, 5.74) is 6.03. The van der Waals surface area contributed by atoms with E-state index in [2.05, 4.69) is 4.90 Å². The van der Waals surface area contributed by atoms with Gasteiger partial charge in [0.2, 0.25) is 0 Å². The number of hydrogen-bond acceptors (Lipinski definition) is 5. The van der Waals surface area contributed by atoms with Crippen molar-refractivity contribution in [3.05, 3.63) is 33.8 Å². The summed E-state index contributed by atoms with van der Waals surface area (Å²) >= 11 is 12.1. The van der Waals surface area contributed by atoms with Gasteiger partial charge in [-0.2, -0.15) is 0 Å². The Balaban J connectivity index is 1.71. The Hall–Kier alpha value is -0.825. The number of carboxylic acid groups (broad SMARTS) is 1. The number of aliphatic carboxylic acids is 1. The summed E-state index contributed by atoms with van der Waals surface area (Å²) in [6, 6.07) is 5.51. The number of hydrogen-bond donors (Lipinski definition) is 4. The monoisotopic (exact) mass is 430 g/mol. The van der Waals surface area contributed by atoms with Gasteiger partial charge in [0, 0.05) is 29.7 Å². The average Bonchev–Trinajstić information content (AvgIpc) is 2.57. The smallest absolute Gasteiger partial charge is 0.451 e. The largest absolute Gasteiger partial charge is 0.480 e. The number of likely N-dealkylation sites (tertiary alicyclic amines) is 1. The standard InChI is InChI=1S/C19H29BCl2N2O4/c21-16-5-4-15(17(22)10-16)6-9-24-12-14(13-24)11-19(23,18(25)26)7-2-1-3-8-20(27)28/h4-5,10,14,27-28H,1-3,6-9,11-13,23H2,(H,25,26). The lowest BCUT2D eigenvalue weighted by atomic mass is 9.79. The maximum absolute atomic E-state index is 11.7. The number of carboxylic acids is 1. The van der Waals surface area contributed by atoms with Crippen LogP contribution in [0.25, 0.3) is 0 Å². The molecule has 1 aromatic carbocycles. The van der Waals surface area contributed by atoms with Gasteiger partial charge in [-0.25, -0.2) is 0 Å². The number of nitrogens with two attached hydrogens (primary N) is 1. The van der Waals surface area contributed by atoms with Crippen LogP contribution in [-0.2, 0) is 11.2 Å². The van der Waals surface area contributed by atoms with E-state index in [1.165, 1.54) is 0 Å². The first-order valence-corrected chi connectivity index (χ1v) is 10.5. The van der Waals surface area contributed by atoms with Gasteiger partial charge in [0.25, 0.3) is 0 Å². The molecular formula is C19H29BCl2N2O4. The molecule has 6 nitrogen and oxygen atoms in total. The molecule has 1 fully saturated rings. The van der Waals surface area contributed by atoms with E-state index in [9.17, 15) is 9.90 Å². The fourth-order valence-electron chi connectivity index (χ4n) is 3.75. The third-order valence-electron chi connectivity index (χ3n) is 5.41. The fourth-order valence-corrected chi connectivity index (χ4v) is 4.25. The van der Waals surface area contributed by atoms with Gasteiger partial charge >= 0.3 is 13.1 Å². The molecule has 0 radical (unpaired) electrons. The Labute approximate surface area is 176 Å². The third-order valence-corrected chi connectivity index (χ3v) is 6.00. The summed E-state index contributed by atoms with van der Waals surface area (Å²) in [6.45, 7) is 2.55. The molecule has 1 heterocycles. The maximum atomic E-state index is 11.7. The highest BCUT2D eigenvalue weighted by atomic mass is 35.5. The minimum atomic E-state index is -1.30. The van der Waals surface area contributed by atoms with Crippen LogP contribution in [0.4, 0.5) is 0 Å². The van der Waals surface area contributed by atoms with Crippen molar-refractivity contribution >= 4 is 36.3 Å². The summed E-state index contributed by atoms with van der Waals surface area (Å²) < 4.78 is 0. The predicted molar refractivity (Wildman–Crippen MR) is 113 cm³/mol. The molecular weight excluding hydrogens is 402 g/mol. The molecule has 2 rings (SSSR count). The minimum Gasteiger partial charge on any atom is -0.480 e. The number of nitrogens with zero attached hydrogens (tertiary/aromatic N) is 1. The highest BCUT2D eigenvalue weighted by molar-refractivity contribution is 6.40. The van der Waals surface area contributed by atoms with Crippen molar-refractivity contribution in [2.24, 2.45) is 11.7 Å². The van der Waals surface area contributed by atoms with Crippen molar-refractivity contribution in [1.29, 1.82) is 0 Å². The predicted octanol–water partition coefficient (Wildman–Crippen LogP) is 2.67. The topological polar surface area (TPSA) is 107 Å². The van der Waals surface area contributed by atoms with Gasteiger partial charge in [-0.1, -0.05) is 48.5 Å². The Morgan fingerprint density at radius 3 is 2.57 bits per heavy atom. The first kappa shape index (κ1) is 23.5. The zero-order valence-electron chi connectivity index (χ0n) is 16.0. The number of carbonyl (C=O) groups is 1. The first-order chi connectivity index (χ1) is 13.2. The summed E-state index contributed by atoms with van der Waals surface area (Å²) in [5.74, 6) is -0.679. The lowest BCUT2D eigenvalue weighted by Crippen LogP contribution is -2.56. The fraction of sp³-hybridized carbons (Fsp3) is 0.632. The van der Waals surface area contributed by atoms with Gasteiger partial charge in [-0.3, -0.25) is 4.79 Å². The van der Waals surface area contributed by atoms with Crippen molar-refractivity contribution < 1.29 is 19.9 Å². The Kier molecular flexibility index (Phi) is 9.05. The van der Waals surface area contributed by atoms with Crippen molar-refractivity contribution in [3.63, 3.8) is 0 Å².